The van der Waals surface area contributed by atoms with Gasteiger partial charge in [0.05, 0.1) is 17.1 Å². The molecule has 0 saturated heterocycles. The van der Waals surface area contributed by atoms with Gasteiger partial charge in [-0.05, 0) is 57.4 Å². The van der Waals surface area contributed by atoms with E-state index in [0.717, 1.165) is 12.2 Å². The first-order valence-corrected chi connectivity index (χ1v) is 13.6. The number of imidazole rings is 1. The van der Waals surface area contributed by atoms with Crippen LogP contribution in [0.5, 0.6) is 0 Å². The Hall–Kier alpha value is -3.10. The van der Waals surface area contributed by atoms with Gasteiger partial charge in [0.1, 0.15) is 17.3 Å². The van der Waals surface area contributed by atoms with E-state index < -0.39 is 21.4 Å². The summed E-state index contributed by atoms with van der Waals surface area (Å²) in [5, 5.41) is 0. The Morgan fingerprint density at radius 3 is 2.44 bits per heavy atom. The minimum absolute atomic E-state index is 0.0818. The average Bonchev–Trinajstić information content (AvgIpc) is 3.15. The molecule has 6 nitrogen and oxygen atoms in total. The van der Waals surface area contributed by atoms with Gasteiger partial charge in [-0.15, -0.1) is 0 Å². The lowest BCUT2D eigenvalue weighted by atomic mass is 10.0. The third kappa shape index (κ3) is 5.99. The van der Waals surface area contributed by atoms with Crippen molar-refractivity contribution in [3.8, 4) is 11.1 Å². The second-order valence-corrected chi connectivity index (χ2v) is 11.4. The number of hydrogen-bond acceptors (Lipinski definition) is 4. The maximum atomic E-state index is 15.4. The first-order valence-electron chi connectivity index (χ1n) is 12.1. The maximum Gasteiger partial charge on any atom is 0.241 e. The zero-order valence-electron chi connectivity index (χ0n) is 21.6. The standard InChI is InChI=1S/C28H34FN3O3S/c1-7-12-26-30-23(8-2)27(24(33)9-3)32(26)18-20-16-15-19(17-22(20)29)21-13-10-11-14-25(21)36(34,35)31-28(4,5)6/h9-11,13-17,31H,3,7-8,12,18H2,1-2,4-6H3. The van der Waals surface area contributed by atoms with Gasteiger partial charge in [-0.25, -0.2) is 22.5 Å². The van der Waals surface area contributed by atoms with Crippen molar-refractivity contribution in [2.45, 2.75) is 70.9 Å². The lowest BCUT2D eigenvalue weighted by molar-refractivity contribution is 0.103. The molecule has 0 spiro atoms. The van der Waals surface area contributed by atoms with Crippen LogP contribution < -0.4 is 4.72 Å². The second kappa shape index (κ2) is 10.9. The number of aromatic nitrogens is 2. The van der Waals surface area contributed by atoms with Crippen molar-refractivity contribution in [3.05, 3.63) is 83.7 Å². The van der Waals surface area contributed by atoms with Gasteiger partial charge in [0.25, 0.3) is 0 Å². The van der Waals surface area contributed by atoms with Gasteiger partial charge >= 0.3 is 0 Å². The number of carbonyl (C=O) groups excluding carboxylic acids is 1. The summed E-state index contributed by atoms with van der Waals surface area (Å²) in [5.41, 5.74) is 1.67. The molecule has 0 atom stereocenters. The quantitative estimate of drug-likeness (QED) is 0.280. The number of ketones is 1. The van der Waals surface area contributed by atoms with E-state index >= 15 is 4.39 Å². The molecule has 0 aliphatic heterocycles. The van der Waals surface area contributed by atoms with Crippen molar-refractivity contribution in [3.63, 3.8) is 0 Å². The Balaban J connectivity index is 2.06. The van der Waals surface area contributed by atoms with E-state index in [1.54, 1.807) is 55.7 Å². The number of rotatable bonds is 10. The first kappa shape index (κ1) is 27.5. The van der Waals surface area contributed by atoms with Gasteiger partial charge in [0, 0.05) is 23.1 Å². The number of halogens is 1. The predicted octanol–water partition coefficient (Wildman–Crippen LogP) is 5.70. The molecule has 0 unspecified atom stereocenters. The smallest absolute Gasteiger partial charge is 0.241 e. The Morgan fingerprint density at radius 2 is 1.86 bits per heavy atom. The minimum atomic E-state index is -3.83. The molecule has 0 amide bonds. The van der Waals surface area contributed by atoms with Crippen molar-refractivity contribution in [2.75, 3.05) is 0 Å². The summed E-state index contributed by atoms with van der Waals surface area (Å²) in [6.45, 7) is 13.0. The van der Waals surface area contributed by atoms with E-state index in [0.29, 0.717) is 40.9 Å². The molecule has 0 fully saturated rings. The number of allylic oxidation sites excluding steroid dienone is 1. The Labute approximate surface area is 213 Å². The summed E-state index contributed by atoms with van der Waals surface area (Å²) >= 11 is 0. The highest BCUT2D eigenvalue weighted by Gasteiger charge is 2.25. The summed E-state index contributed by atoms with van der Waals surface area (Å²) in [6.07, 6.45) is 3.32. The van der Waals surface area contributed by atoms with Crippen LogP contribution in [0.1, 0.15) is 68.6 Å². The van der Waals surface area contributed by atoms with Crippen molar-refractivity contribution < 1.29 is 17.6 Å². The molecular weight excluding hydrogens is 477 g/mol. The minimum Gasteiger partial charge on any atom is -0.320 e. The summed E-state index contributed by atoms with van der Waals surface area (Å²) < 4.78 is 45.9. The van der Waals surface area contributed by atoms with Crippen LogP contribution in [0.2, 0.25) is 0 Å². The van der Waals surface area contributed by atoms with E-state index in [2.05, 4.69) is 16.3 Å². The zero-order chi connectivity index (χ0) is 26.7. The number of hydrogen-bond donors (Lipinski definition) is 1. The molecule has 192 valence electrons. The van der Waals surface area contributed by atoms with Crippen LogP contribution in [-0.4, -0.2) is 29.3 Å². The molecule has 3 rings (SSSR count). The Bertz CT molecular complexity index is 1390. The molecule has 0 aliphatic rings. The zero-order valence-corrected chi connectivity index (χ0v) is 22.4. The van der Waals surface area contributed by atoms with Gasteiger partial charge in [-0.2, -0.15) is 0 Å². The van der Waals surface area contributed by atoms with Crippen molar-refractivity contribution in [1.82, 2.24) is 14.3 Å². The molecule has 0 bridgehead atoms. The number of nitrogens with one attached hydrogen (secondary N) is 1. The number of aryl methyl sites for hydroxylation is 2. The molecule has 3 aromatic rings. The topological polar surface area (TPSA) is 81.1 Å². The third-order valence-electron chi connectivity index (χ3n) is 5.66. The molecule has 0 aliphatic carbocycles. The molecule has 1 heterocycles. The molecule has 1 N–H and O–H groups in total. The Morgan fingerprint density at radius 1 is 1.17 bits per heavy atom. The van der Waals surface area contributed by atoms with Crippen molar-refractivity contribution >= 4 is 15.8 Å². The highest BCUT2D eigenvalue weighted by atomic mass is 32.2. The molecule has 8 heteroatoms. The molecular formula is C28H34FN3O3S. The Kier molecular flexibility index (Phi) is 8.31. The second-order valence-electron chi connectivity index (χ2n) is 9.74. The van der Waals surface area contributed by atoms with Crippen LogP contribution in [-0.2, 0) is 29.4 Å². The van der Waals surface area contributed by atoms with Crippen LogP contribution in [0.25, 0.3) is 11.1 Å². The van der Waals surface area contributed by atoms with E-state index in [4.69, 9.17) is 0 Å². The van der Waals surface area contributed by atoms with E-state index in [9.17, 15) is 13.2 Å². The summed E-state index contributed by atoms with van der Waals surface area (Å²) in [4.78, 5) is 17.4. The fourth-order valence-corrected chi connectivity index (χ4v) is 5.82. The van der Waals surface area contributed by atoms with Gasteiger partial charge in [0.2, 0.25) is 15.8 Å². The average molecular weight is 512 g/mol. The summed E-state index contributed by atoms with van der Waals surface area (Å²) in [5.74, 6) is -0.00776. The molecule has 2 aromatic carbocycles. The van der Waals surface area contributed by atoms with E-state index in [-0.39, 0.29) is 17.2 Å². The van der Waals surface area contributed by atoms with Crippen molar-refractivity contribution in [2.24, 2.45) is 0 Å². The number of sulfonamides is 1. The maximum absolute atomic E-state index is 15.4. The fourth-order valence-electron chi connectivity index (χ4n) is 4.17. The lowest BCUT2D eigenvalue weighted by Gasteiger charge is -2.21. The van der Waals surface area contributed by atoms with Gasteiger partial charge < -0.3 is 4.57 Å². The summed E-state index contributed by atoms with van der Waals surface area (Å²) in [6, 6.07) is 11.2. The van der Waals surface area contributed by atoms with Crippen LogP contribution in [0.15, 0.2) is 60.0 Å². The molecule has 36 heavy (non-hydrogen) atoms. The third-order valence-corrected chi connectivity index (χ3v) is 7.47. The fraction of sp³-hybridized carbons (Fsp3) is 0.357. The number of benzene rings is 2. The lowest BCUT2D eigenvalue weighted by Crippen LogP contribution is -2.40. The predicted molar refractivity (Wildman–Crippen MR) is 141 cm³/mol. The van der Waals surface area contributed by atoms with Crippen LogP contribution in [0, 0.1) is 5.82 Å². The molecule has 1 aromatic heterocycles. The van der Waals surface area contributed by atoms with Gasteiger partial charge in [-0.1, -0.05) is 50.8 Å². The van der Waals surface area contributed by atoms with Crippen LogP contribution in [0.3, 0.4) is 0 Å². The first-order chi connectivity index (χ1) is 16.9. The van der Waals surface area contributed by atoms with E-state index in [1.807, 2.05) is 13.8 Å². The SMILES string of the molecule is C=CC(=O)c1c(CC)nc(CCC)n1Cc1ccc(-c2ccccc2S(=O)(=O)NC(C)(C)C)cc1F. The van der Waals surface area contributed by atoms with Crippen LogP contribution >= 0.6 is 0 Å². The van der Waals surface area contributed by atoms with Crippen molar-refractivity contribution in [1.29, 1.82) is 0 Å². The normalized spacial score (nSPS) is 12.1. The molecule has 0 saturated carbocycles. The number of carbonyl (C=O) groups is 1. The van der Waals surface area contributed by atoms with E-state index in [1.165, 1.54) is 18.2 Å². The monoisotopic (exact) mass is 511 g/mol. The molecule has 0 radical (unpaired) electrons. The summed E-state index contributed by atoms with van der Waals surface area (Å²) in [7, 11) is -3.83. The van der Waals surface area contributed by atoms with Gasteiger partial charge in [-0.3, -0.25) is 4.79 Å². The van der Waals surface area contributed by atoms with Gasteiger partial charge in [0.15, 0.2) is 0 Å². The highest BCUT2D eigenvalue weighted by Crippen LogP contribution is 2.30. The highest BCUT2D eigenvalue weighted by molar-refractivity contribution is 7.89. The largest absolute Gasteiger partial charge is 0.320 e. The number of nitrogens with zero attached hydrogens (tertiary/aromatic N) is 2. The van der Waals surface area contributed by atoms with Crippen LogP contribution in [0.4, 0.5) is 4.39 Å².